The molecule has 1 heterocycles. The molecule has 2 N–H and O–H groups in total. The molecule has 2 aromatic rings. The predicted molar refractivity (Wildman–Crippen MR) is 80.6 cm³/mol. The summed E-state index contributed by atoms with van der Waals surface area (Å²) in [7, 11) is 1.65. The number of benzene rings is 1. The molecule has 19 heavy (non-hydrogen) atoms. The molecule has 0 aliphatic heterocycles. The van der Waals surface area contributed by atoms with E-state index in [9.17, 15) is 0 Å². The highest BCUT2D eigenvalue weighted by Gasteiger charge is 2.04. The summed E-state index contributed by atoms with van der Waals surface area (Å²) in [5.41, 5.74) is 7.48. The smallest absolute Gasteiger partial charge is 0.150 e. The molecule has 0 bridgehead atoms. The maximum Gasteiger partial charge on any atom is 0.150 e. The van der Waals surface area contributed by atoms with Crippen LogP contribution in [0, 0.1) is 11.8 Å². The Morgan fingerprint density at radius 2 is 2.37 bits per heavy atom. The molecule has 2 rings (SSSR count). The topological polar surface area (TPSA) is 48.1 Å². The Labute approximate surface area is 121 Å². The number of hydrogen-bond acceptors (Lipinski definition) is 5. The molecule has 3 nitrogen and oxygen atoms in total. The Morgan fingerprint density at radius 3 is 3.05 bits per heavy atom. The zero-order valence-electron chi connectivity index (χ0n) is 10.6. The maximum atomic E-state index is 5.40. The van der Waals surface area contributed by atoms with Gasteiger partial charge in [0.1, 0.15) is 10.1 Å². The van der Waals surface area contributed by atoms with Crippen LogP contribution in [-0.4, -0.2) is 18.6 Å². The van der Waals surface area contributed by atoms with E-state index in [-0.39, 0.29) is 0 Å². The zero-order chi connectivity index (χ0) is 13.5. The van der Waals surface area contributed by atoms with Crippen LogP contribution in [0.1, 0.15) is 11.1 Å². The minimum Gasteiger partial charge on any atom is -0.495 e. The second kappa shape index (κ2) is 7.19. The van der Waals surface area contributed by atoms with Gasteiger partial charge in [0.25, 0.3) is 0 Å². The summed E-state index contributed by atoms with van der Waals surface area (Å²) in [6.07, 6.45) is 1.82. The molecular formula is C14H14N2OS2. The largest absolute Gasteiger partial charge is 0.495 e. The lowest BCUT2D eigenvalue weighted by Gasteiger charge is -2.06. The van der Waals surface area contributed by atoms with Crippen LogP contribution in [0.25, 0.3) is 0 Å². The third-order valence-electron chi connectivity index (χ3n) is 2.36. The number of methoxy groups -OCH3 is 1. The van der Waals surface area contributed by atoms with E-state index in [2.05, 4.69) is 16.8 Å². The Morgan fingerprint density at radius 1 is 1.47 bits per heavy atom. The van der Waals surface area contributed by atoms with E-state index in [1.54, 1.807) is 30.2 Å². The Bertz CT molecular complexity index is 585. The molecule has 0 saturated carbocycles. The second-order valence-corrected chi connectivity index (χ2v) is 5.74. The van der Waals surface area contributed by atoms with Gasteiger partial charge in [-0.3, -0.25) is 0 Å². The number of nitrogens with zero attached hydrogens (tertiary/aromatic N) is 1. The molecule has 0 atom stereocenters. The van der Waals surface area contributed by atoms with Crippen LogP contribution in [0.3, 0.4) is 0 Å². The Kier molecular flexibility index (Phi) is 5.28. The highest BCUT2D eigenvalue weighted by molar-refractivity contribution is 8.00. The van der Waals surface area contributed by atoms with Crippen molar-refractivity contribution in [2.75, 3.05) is 13.7 Å². The van der Waals surface area contributed by atoms with E-state index >= 15 is 0 Å². The summed E-state index contributed by atoms with van der Waals surface area (Å²) in [6.45, 7) is 0.348. The fraction of sp³-hybridized carbons (Fsp3) is 0.214. The SMILES string of the molecule is COc1ccc(CSc2nccs2)cc1C#CCN. The molecule has 98 valence electrons. The maximum absolute atomic E-state index is 5.40. The van der Waals surface area contributed by atoms with E-state index in [0.29, 0.717) is 6.54 Å². The van der Waals surface area contributed by atoms with Crippen molar-refractivity contribution in [3.8, 4) is 17.6 Å². The molecule has 1 aromatic carbocycles. The van der Waals surface area contributed by atoms with Gasteiger partial charge in [-0.1, -0.05) is 29.7 Å². The Hall–Kier alpha value is -1.48. The van der Waals surface area contributed by atoms with Gasteiger partial charge < -0.3 is 10.5 Å². The number of ether oxygens (including phenoxy) is 1. The number of nitrogens with two attached hydrogens (primary N) is 1. The molecule has 0 spiro atoms. The monoisotopic (exact) mass is 290 g/mol. The molecule has 0 aliphatic rings. The third kappa shape index (κ3) is 4.00. The quantitative estimate of drug-likeness (QED) is 0.695. The van der Waals surface area contributed by atoms with Crippen molar-refractivity contribution in [1.82, 2.24) is 4.98 Å². The van der Waals surface area contributed by atoms with Crippen LogP contribution < -0.4 is 10.5 Å². The van der Waals surface area contributed by atoms with E-state index < -0.39 is 0 Å². The predicted octanol–water partition coefficient (Wildman–Crippen LogP) is 2.75. The first-order chi connectivity index (χ1) is 9.33. The van der Waals surface area contributed by atoms with Gasteiger partial charge in [0.2, 0.25) is 0 Å². The fourth-order valence-electron chi connectivity index (χ4n) is 1.52. The standard InChI is InChI=1S/C14H14N2OS2/c1-17-13-5-4-11(9-12(13)3-2-6-15)10-19-14-16-7-8-18-14/h4-5,7-9H,6,10,15H2,1H3. The molecule has 0 aliphatic carbocycles. The van der Waals surface area contributed by atoms with E-state index in [0.717, 1.165) is 21.4 Å². The van der Waals surface area contributed by atoms with Crippen molar-refractivity contribution in [3.05, 3.63) is 40.9 Å². The number of rotatable bonds is 4. The van der Waals surface area contributed by atoms with E-state index in [1.807, 2.05) is 29.8 Å². The van der Waals surface area contributed by atoms with Crippen LogP contribution in [0.4, 0.5) is 0 Å². The van der Waals surface area contributed by atoms with Gasteiger partial charge >= 0.3 is 0 Å². The first-order valence-electron chi connectivity index (χ1n) is 5.71. The Balaban J connectivity index is 2.13. The first-order valence-corrected chi connectivity index (χ1v) is 7.58. The third-order valence-corrected chi connectivity index (χ3v) is 4.40. The minimum absolute atomic E-state index is 0.348. The van der Waals surface area contributed by atoms with Crippen molar-refractivity contribution in [2.45, 2.75) is 10.1 Å². The molecule has 0 amide bonds. The molecular weight excluding hydrogens is 276 g/mol. The van der Waals surface area contributed by atoms with Gasteiger partial charge in [0.05, 0.1) is 19.2 Å². The van der Waals surface area contributed by atoms with Crippen LogP contribution in [0.5, 0.6) is 5.75 Å². The molecule has 5 heteroatoms. The lowest BCUT2D eigenvalue weighted by Crippen LogP contribution is -1.94. The van der Waals surface area contributed by atoms with Gasteiger partial charge in [0.15, 0.2) is 0 Å². The van der Waals surface area contributed by atoms with Crippen LogP contribution in [0.15, 0.2) is 34.1 Å². The molecule has 0 saturated heterocycles. The van der Waals surface area contributed by atoms with Gasteiger partial charge in [-0.2, -0.15) is 0 Å². The molecule has 1 aromatic heterocycles. The second-order valence-electron chi connectivity index (χ2n) is 3.63. The van der Waals surface area contributed by atoms with Gasteiger partial charge in [-0.25, -0.2) is 4.98 Å². The van der Waals surface area contributed by atoms with Gasteiger partial charge in [-0.15, -0.1) is 11.3 Å². The summed E-state index contributed by atoms with van der Waals surface area (Å²) in [5, 5.41) is 1.98. The van der Waals surface area contributed by atoms with E-state index in [1.165, 1.54) is 5.56 Å². The van der Waals surface area contributed by atoms with Crippen LogP contribution >= 0.6 is 23.1 Å². The summed E-state index contributed by atoms with van der Waals surface area (Å²) >= 11 is 3.37. The molecule has 0 fully saturated rings. The van der Waals surface area contributed by atoms with Crippen molar-refractivity contribution in [3.63, 3.8) is 0 Å². The summed E-state index contributed by atoms with van der Waals surface area (Å²) in [4.78, 5) is 4.25. The minimum atomic E-state index is 0.348. The van der Waals surface area contributed by atoms with Crippen LogP contribution in [0.2, 0.25) is 0 Å². The summed E-state index contributed by atoms with van der Waals surface area (Å²) in [6, 6.07) is 6.04. The fourth-order valence-corrected chi connectivity index (χ4v) is 3.10. The highest BCUT2D eigenvalue weighted by Crippen LogP contribution is 2.27. The van der Waals surface area contributed by atoms with Crippen LogP contribution in [-0.2, 0) is 5.75 Å². The summed E-state index contributed by atoms with van der Waals surface area (Å²) < 4.78 is 6.36. The van der Waals surface area contributed by atoms with Gasteiger partial charge in [-0.05, 0) is 17.7 Å². The zero-order valence-corrected chi connectivity index (χ0v) is 12.2. The number of aromatic nitrogens is 1. The number of thioether (sulfide) groups is 1. The lowest BCUT2D eigenvalue weighted by atomic mass is 10.1. The lowest BCUT2D eigenvalue weighted by molar-refractivity contribution is 0.413. The number of thiazole rings is 1. The van der Waals surface area contributed by atoms with Crippen molar-refractivity contribution in [2.24, 2.45) is 5.73 Å². The van der Waals surface area contributed by atoms with Crippen molar-refractivity contribution in [1.29, 1.82) is 0 Å². The van der Waals surface area contributed by atoms with E-state index in [4.69, 9.17) is 10.5 Å². The average molecular weight is 290 g/mol. The summed E-state index contributed by atoms with van der Waals surface area (Å²) in [5.74, 6) is 7.54. The number of hydrogen-bond donors (Lipinski definition) is 1. The van der Waals surface area contributed by atoms with Gasteiger partial charge in [0, 0.05) is 17.3 Å². The van der Waals surface area contributed by atoms with Crippen molar-refractivity contribution >= 4 is 23.1 Å². The average Bonchev–Trinajstić information content (AvgIpc) is 2.96. The molecule has 0 unspecified atom stereocenters. The highest BCUT2D eigenvalue weighted by atomic mass is 32.2. The molecule has 0 radical (unpaired) electrons. The first kappa shape index (κ1) is 13.9. The normalized spacial score (nSPS) is 9.79. The van der Waals surface area contributed by atoms with Crippen molar-refractivity contribution < 1.29 is 4.74 Å².